The predicted molar refractivity (Wildman–Crippen MR) is 423 cm³/mol. The van der Waals surface area contributed by atoms with Crippen LogP contribution in [0.2, 0.25) is 0 Å². The molecule has 4 atom stereocenters. The van der Waals surface area contributed by atoms with Gasteiger partial charge in [-0.3, -0.25) is 9.80 Å². The van der Waals surface area contributed by atoms with Crippen molar-refractivity contribution in [1.82, 2.24) is 29.7 Å². The molecule has 4 unspecified atom stereocenters. The van der Waals surface area contributed by atoms with Crippen LogP contribution >= 0.6 is 0 Å². The van der Waals surface area contributed by atoms with Crippen LogP contribution in [0.1, 0.15) is 242 Å². The minimum absolute atomic E-state index is 0.117. The van der Waals surface area contributed by atoms with Crippen LogP contribution in [0.15, 0.2) is 121 Å². The molecule has 4 aromatic carbocycles. The third-order valence-electron chi connectivity index (χ3n) is 27.5. The maximum Gasteiger partial charge on any atom is 1.10 e. The number of hydrogen-bond donors (Lipinski definition) is 0. The molecule has 0 bridgehead atoms. The van der Waals surface area contributed by atoms with Crippen LogP contribution in [0.5, 0.6) is 23.0 Å². The fourth-order valence-corrected chi connectivity index (χ4v) is 25.2. The van der Waals surface area contributed by atoms with E-state index in [9.17, 15) is 0 Å². The standard InChI is InChI=1S/C50H86N2O2.4C10H9NO.2Al/c1-35-5-3-7-47(33-35)51(45-25-13-39(14-26-45)41-17-29-49(53)30-18-41)43-21-9-37(10-22-43)38-11-23-44(24-12-38)52(48-8-4-6-36(2)34-48)46-27-15-40(16-28-46)42-19-31-50(54)32-20-42;4*1-7-5-6-8-3-2-4-9(12)10(8)11-7;;/h35-50H,3-34H2,1-2H3;4*2-6,12H,1H3;;/q-2;;;;;2*+3/p-4. The predicted octanol–water partition coefficient (Wildman–Crippen LogP) is 21.8. The van der Waals surface area contributed by atoms with Gasteiger partial charge in [-0.1, -0.05) is 112 Å². The fourth-order valence-electron chi connectivity index (χ4n) is 22.1. The van der Waals surface area contributed by atoms with E-state index >= 15 is 0 Å². The Morgan fingerprint density at radius 3 is 0.779 bits per heavy atom. The average molecular weight is 1430 g/mol. The number of rotatable bonds is 21. The Kier molecular flexibility index (Phi) is 23.5. The summed E-state index contributed by atoms with van der Waals surface area (Å²) in [5.74, 6) is 9.69. The van der Waals surface area contributed by atoms with Crippen LogP contribution in [0, 0.1) is 75.0 Å². The van der Waals surface area contributed by atoms with E-state index < -0.39 is 30.3 Å². The van der Waals surface area contributed by atoms with Crippen molar-refractivity contribution in [2.24, 2.45) is 47.3 Å². The second kappa shape index (κ2) is 33.6. The molecule has 0 N–H and O–H groups in total. The Bertz CT molecular complexity index is 3710. The van der Waals surface area contributed by atoms with Gasteiger partial charge in [0.05, 0.1) is 0 Å². The normalized spacial score (nSPS) is 30.2. The molecule has 4 aromatic heterocycles. The van der Waals surface area contributed by atoms with Crippen molar-refractivity contribution in [2.45, 2.75) is 295 Å². The maximum atomic E-state index is 7.08. The number of nitrogens with zero attached hydrogens (tertiary/aromatic N) is 6. The Labute approximate surface area is 632 Å². The molecule has 0 amide bonds. The summed E-state index contributed by atoms with van der Waals surface area (Å²) in [5, 5.41) is 4.23. The highest BCUT2D eigenvalue weighted by Crippen LogP contribution is 2.49. The zero-order valence-electron chi connectivity index (χ0n) is 63.7. The summed E-state index contributed by atoms with van der Waals surface area (Å²) < 4.78 is 41.7. The van der Waals surface area contributed by atoms with Crippen molar-refractivity contribution in [1.29, 1.82) is 0 Å². The van der Waals surface area contributed by atoms with E-state index in [1.807, 2.05) is 52.0 Å². The first-order valence-electron chi connectivity index (χ1n) is 41.9. The Morgan fingerprint density at radius 2 is 0.529 bits per heavy atom. The van der Waals surface area contributed by atoms with Crippen LogP contribution in [-0.2, 0) is 7.58 Å². The third kappa shape index (κ3) is 17.2. The van der Waals surface area contributed by atoms with Crippen molar-refractivity contribution in [3.05, 3.63) is 144 Å². The Balaban J connectivity index is 0.510. The van der Waals surface area contributed by atoms with Crippen molar-refractivity contribution >= 4 is 73.9 Å². The maximum absolute atomic E-state index is 7.08. The van der Waals surface area contributed by atoms with Crippen molar-refractivity contribution < 1.29 is 22.7 Å². The number of para-hydroxylation sites is 4. The van der Waals surface area contributed by atoms with Crippen molar-refractivity contribution in [3.8, 4) is 23.0 Å². The highest BCUT2D eigenvalue weighted by atomic mass is 27.3. The van der Waals surface area contributed by atoms with Gasteiger partial charge in [-0.05, 0) is 303 Å². The molecule has 8 saturated carbocycles. The van der Waals surface area contributed by atoms with Crippen LogP contribution in [-0.4, -0.2) is 108 Å². The Hall–Kier alpha value is -5.38. The summed E-state index contributed by atoms with van der Waals surface area (Å²) in [5.41, 5.74) is 7.30. The molecule has 16 rings (SSSR count). The molecule has 550 valence electrons. The molecule has 8 fully saturated rings. The summed E-state index contributed by atoms with van der Waals surface area (Å²) in [6, 6.07) is 46.1. The van der Waals surface area contributed by atoms with E-state index in [1.54, 1.807) is 0 Å². The summed E-state index contributed by atoms with van der Waals surface area (Å²) in [6.07, 6.45) is 43.5. The number of aromatic nitrogens is 4. The fraction of sp³-hybridized carbons (Fsp3) is 0.600. The number of pyridine rings is 4. The van der Waals surface area contributed by atoms with E-state index in [-0.39, 0.29) is 12.2 Å². The van der Waals surface area contributed by atoms with Gasteiger partial charge in [0, 0.05) is 92.8 Å². The number of hydrogen-bond acceptors (Lipinski definition) is 12. The van der Waals surface area contributed by atoms with Gasteiger partial charge < -0.3 is 22.7 Å². The van der Waals surface area contributed by atoms with Gasteiger partial charge in [-0.25, -0.2) is 19.9 Å². The smallest absolute Gasteiger partial charge is 0.587 e. The SMILES string of the molecule is Cc1ccc2cccc([O][Al]([O]c3cccc4ccc(C)nc34)[O]C3CCC(C4CCC(N(C5CCC(C6CCC(N(C7CCC(C8CCC([O][Al]([O]c9cccc%10ccc(C)nc9%10)[O]c9cccc%10ccc(C)nc9%10)CC8)CC7)C7CCCC(C)C7)CC6)CC5)C5CCCC(C)C5)CC4)CC3)c2n1. The first-order valence-corrected chi connectivity index (χ1v) is 44.7. The zero-order valence-corrected chi connectivity index (χ0v) is 66.0. The molecule has 0 aliphatic heterocycles. The molecule has 8 aromatic rings. The molecular weight excluding hydrogens is 1310 g/mol. The lowest BCUT2D eigenvalue weighted by Crippen LogP contribution is -2.54. The summed E-state index contributed by atoms with van der Waals surface area (Å²) in [4.78, 5) is 26.2. The zero-order chi connectivity index (χ0) is 70.6. The quantitative estimate of drug-likeness (QED) is 0.0638. The van der Waals surface area contributed by atoms with Gasteiger partial charge in [-0.2, -0.15) is 0 Å². The van der Waals surface area contributed by atoms with Crippen molar-refractivity contribution in [3.63, 3.8) is 0 Å². The topological polar surface area (TPSA) is 113 Å². The number of benzene rings is 4. The Morgan fingerprint density at radius 1 is 0.279 bits per heavy atom. The van der Waals surface area contributed by atoms with E-state index in [0.717, 1.165) is 199 Å². The minimum atomic E-state index is -2.77. The van der Waals surface area contributed by atoms with Gasteiger partial charge in [0.15, 0.2) is 0 Å². The number of fused-ring (bicyclic) bond motifs is 4. The molecule has 4 heterocycles. The van der Waals surface area contributed by atoms with E-state index in [0.29, 0.717) is 0 Å². The molecule has 0 saturated heterocycles. The lowest BCUT2D eigenvalue weighted by molar-refractivity contribution is -0.0207. The van der Waals surface area contributed by atoms with Crippen LogP contribution in [0.4, 0.5) is 0 Å². The molecule has 0 spiro atoms. The van der Waals surface area contributed by atoms with Gasteiger partial charge in [0.25, 0.3) is 0 Å². The molecule has 8 aliphatic carbocycles. The summed E-state index contributed by atoms with van der Waals surface area (Å²) >= 11 is -5.54. The first kappa shape index (κ1) is 72.8. The second-order valence-corrected chi connectivity index (χ2v) is 37.2. The minimum Gasteiger partial charge on any atom is -0.587 e. The van der Waals surface area contributed by atoms with E-state index in [2.05, 4.69) is 121 Å². The second-order valence-electron chi connectivity index (χ2n) is 34.5. The monoisotopic (exact) mass is 1430 g/mol. The highest BCUT2D eigenvalue weighted by molar-refractivity contribution is 6.39. The summed E-state index contributed by atoms with van der Waals surface area (Å²) in [6.45, 7) is 13.3. The number of aryl methyl sites for hydroxylation is 4. The molecule has 12 nitrogen and oxygen atoms in total. The van der Waals surface area contributed by atoms with Gasteiger partial charge >= 0.3 is 30.3 Å². The third-order valence-corrected chi connectivity index (χ3v) is 30.5. The highest BCUT2D eigenvalue weighted by Gasteiger charge is 2.48. The lowest BCUT2D eigenvalue weighted by Gasteiger charge is -2.52. The molecule has 0 radical (unpaired) electrons. The van der Waals surface area contributed by atoms with Gasteiger partial charge in [-0.15, -0.1) is 0 Å². The van der Waals surface area contributed by atoms with Crippen molar-refractivity contribution in [2.75, 3.05) is 0 Å². The molecule has 14 heteroatoms. The summed E-state index contributed by atoms with van der Waals surface area (Å²) in [7, 11) is 0. The largest absolute Gasteiger partial charge is 1.10 e. The van der Waals surface area contributed by atoms with E-state index in [4.69, 9.17) is 42.7 Å². The van der Waals surface area contributed by atoms with Crippen LogP contribution in [0.3, 0.4) is 0 Å². The first-order chi connectivity index (χ1) is 50.9. The molecule has 104 heavy (non-hydrogen) atoms. The van der Waals surface area contributed by atoms with Crippen LogP contribution in [0.25, 0.3) is 43.6 Å². The van der Waals surface area contributed by atoms with Gasteiger partial charge in [0.1, 0.15) is 45.1 Å². The average Bonchev–Trinajstić information content (AvgIpc) is 0.792. The molecule has 8 aliphatic rings. The van der Waals surface area contributed by atoms with Gasteiger partial charge in [0.2, 0.25) is 0 Å². The lowest BCUT2D eigenvalue weighted by atomic mass is 9.68. The van der Waals surface area contributed by atoms with Crippen LogP contribution < -0.4 is 15.2 Å². The van der Waals surface area contributed by atoms with E-state index in [1.165, 1.54) is 180 Å². The molecular formula is C90H118Al2N6O6.